The quantitative estimate of drug-likeness (QED) is 0.572. The van der Waals surface area contributed by atoms with E-state index in [4.69, 9.17) is 0 Å². The van der Waals surface area contributed by atoms with Crippen LogP contribution in [0.4, 0.5) is 23.8 Å². The van der Waals surface area contributed by atoms with Gasteiger partial charge in [-0.3, -0.25) is 19.4 Å². The van der Waals surface area contributed by atoms with Gasteiger partial charge in [-0.25, -0.2) is 14.7 Å². The van der Waals surface area contributed by atoms with Gasteiger partial charge in [0.2, 0.25) is 0 Å². The van der Waals surface area contributed by atoms with Gasteiger partial charge >= 0.3 is 24.0 Å². The maximum absolute atomic E-state index is 12.6. The summed E-state index contributed by atoms with van der Waals surface area (Å²) in [7, 11) is 1.25. The lowest BCUT2D eigenvalue weighted by Crippen LogP contribution is -2.51. The second kappa shape index (κ2) is 6.56. The fraction of sp³-hybridized carbons (Fsp3) is 0.467. The first-order valence-corrected chi connectivity index (χ1v) is 7.82. The van der Waals surface area contributed by atoms with Crippen LogP contribution < -0.4 is 4.90 Å². The minimum absolute atomic E-state index is 0.00201. The number of rotatable bonds is 3. The number of hydrogen-bond acceptors (Lipinski definition) is 6. The summed E-state index contributed by atoms with van der Waals surface area (Å²) in [5.74, 6) is -1.28. The van der Waals surface area contributed by atoms with E-state index in [2.05, 4.69) is 4.98 Å². The Morgan fingerprint density at radius 1 is 1.04 bits per heavy atom. The summed E-state index contributed by atoms with van der Waals surface area (Å²) >= 11 is 0. The van der Waals surface area contributed by atoms with Crippen molar-refractivity contribution in [2.45, 2.75) is 6.18 Å². The molecule has 3 rings (SSSR count). The number of imide groups is 2. The number of halogens is 3. The van der Waals surface area contributed by atoms with Crippen LogP contribution >= 0.6 is 0 Å². The number of hydrogen-bond donors (Lipinski definition) is 0. The molecule has 1 aromatic heterocycles. The molecule has 26 heavy (non-hydrogen) atoms. The number of urea groups is 1. The lowest BCUT2D eigenvalue weighted by Gasteiger charge is -2.36. The van der Waals surface area contributed by atoms with E-state index in [1.807, 2.05) is 9.80 Å². The van der Waals surface area contributed by atoms with E-state index in [-0.39, 0.29) is 6.67 Å². The zero-order valence-electron chi connectivity index (χ0n) is 13.9. The van der Waals surface area contributed by atoms with Gasteiger partial charge in [0.25, 0.3) is 0 Å². The third-order valence-corrected chi connectivity index (χ3v) is 4.36. The summed E-state index contributed by atoms with van der Waals surface area (Å²) < 4.78 is 37.7. The van der Waals surface area contributed by atoms with Gasteiger partial charge in [-0.2, -0.15) is 13.2 Å². The Balaban J connectivity index is 1.57. The second-order valence-electron chi connectivity index (χ2n) is 6.03. The summed E-state index contributed by atoms with van der Waals surface area (Å²) in [4.78, 5) is 44.3. The SMILES string of the molecule is CN1C(=O)C(=O)N(CN2CCN(c3ccc(C(F)(F)F)cn3)CC2)C1=O. The summed E-state index contributed by atoms with van der Waals surface area (Å²) in [6.07, 6.45) is -3.63. The van der Waals surface area contributed by atoms with Gasteiger partial charge in [-0.05, 0) is 12.1 Å². The van der Waals surface area contributed by atoms with Crippen molar-refractivity contribution in [1.29, 1.82) is 0 Å². The van der Waals surface area contributed by atoms with Gasteiger partial charge < -0.3 is 4.90 Å². The van der Waals surface area contributed by atoms with E-state index in [1.165, 1.54) is 13.1 Å². The number of anilines is 1. The molecule has 0 radical (unpaired) electrons. The molecule has 0 bridgehead atoms. The first-order chi connectivity index (χ1) is 12.2. The number of pyridine rings is 1. The van der Waals surface area contributed by atoms with Crippen molar-refractivity contribution < 1.29 is 27.6 Å². The molecule has 0 spiro atoms. The molecule has 8 nitrogen and oxygen atoms in total. The zero-order chi connectivity index (χ0) is 19.1. The molecule has 1 aromatic rings. The van der Waals surface area contributed by atoms with Gasteiger partial charge in [0.05, 0.1) is 12.2 Å². The molecule has 0 saturated carbocycles. The van der Waals surface area contributed by atoms with Gasteiger partial charge in [0.15, 0.2) is 0 Å². The molecule has 2 aliphatic rings. The smallest absolute Gasteiger partial charge is 0.354 e. The van der Waals surface area contributed by atoms with E-state index < -0.39 is 29.6 Å². The fourth-order valence-electron chi connectivity index (χ4n) is 2.80. The Morgan fingerprint density at radius 3 is 2.15 bits per heavy atom. The monoisotopic (exact) mass is 371 g/mol. The number of piperazine rings is 1. The maximum atomic E-state index is 12.6. The van der Waals surface area contributed by atoms with Crippen LogP contribution in [-0.4, -0.2) is 77.4 Å². The van der Waals surface area contributed by atoms with Crippen LogP contribution in [0.2, 0.25) is 0 Å². The molecule has 0 unspecified atom stereocenters. The van der Waals surface area contributed by atoms with Crippen LogP contribution in [0, 0.1) is 0 Å². The third-order valence-electron chi connectivity index (χ3n) is 4.36. The summed E-state index contributed by atoms with van der Waals surface area (Å²) in [6, 6.07) is 1.64. The molecular weight excluding hydrogens is 355 g/mol. The Kier molecular flexibility index (Phi) is 4.57. The summed E-state index contributed by atoms with van der Waals surface area (Å²) in [5, 5.41) is 0. The van der Waals surface area contributed by atoms with Gasteiger partial charge in [-0.15, -0.1) is 0 Å². The topological polar surface area (TPSA) is 77.1 Å². The van der Waals surface area contributed by atoms with Crippen LogP contribution in [0.5, 0.6) is 0 Å². The van der Waals surface area contributed by atoms with Crippen LogP contribution in [0.25, 0.3) is 0 Å². The Labute approximate surface area is 146 Å². The molecule has 0 atom stereocenters. The lowest BCUT2D eigenvalue weighted by atomic mass is 10.2. The molecule has 11 heteroatoms. The molecule has 0 aromatic carbocycles. The molecule has 140 valence electrons. The van der Waals surface area contributed by atoms with E-state index in [0.29, 0.717) is 32.0 Å². The van der Waals surface area contributed by atoms with Crippen molar-refractivity contribution in [2.24, 2.45) is 0 Å². The van der Waals surface area contributed by atoms with Gasteiger partial charge in [0, 0.05) is 39.4 Å². The summed E-state index contributed by atoms with van der Waals surface area (Å²) in [5.41, 5.74) is -0.806. The highest BCUT2D eigenvalue weighted by atomic mass is 19.4. The number of likely N-dealkylation sites (N-methyl/N-ethyl adjacent to an activating group) is 1. The highest BCUT2D eigenvalue weighted by Crippen LogP contribution is 2.29. The van der Waals surface area contributed by atoms with Crippen molar-refractivity contribution in [3.63, 3.8) is 0 Å². The van der Waals surface area contributed by atoms with Crippen LogP contribution in [0.3, 0.4) is 0 Å². The normalized spacial score (nSPS) is 19.7. The van der Waals surface area contributed by atoms with Crippen molar-refractivity contribution >= 4 is 23.7 Å². The predicted molar refractivity (Wildman–Crippen MR) is 82.9 cm³/mol. The minimum Gasteiger partial charge on any atom is -0.354 e. The number of carbonyl (C=O) groups excluding carboxylic acids is 3. The van der Waals surface area contributed by atoms with Crippen LogP contribution in [0.1, 0.15) is 5.56 Å². The van der Waals surface area contributed by atoms with E-state index in [1.54, 1.807) is 0 Å². The van der Waals surface area contributed by atoms with E-state index in [9.17, 15) is 27.6 Å². The lowest BCUT2D eigenvalue weighted by molar-refractivity contribution is -0.143. The summed E-state index contributed by atoms with van der Waals surface area (Å²) in [6.45, 7) is 1.88. The van der Waals surface area contributed by atoms with Crippen molar-refractivity contribution in [1.82, 2.24) is 19.7 Å². The van der Waals surface area contributed by atoms with Crippen molar-refractivity contribution in [3.05, 3.63) is 23.9 Å². The molecule has 2 saturated heterocycles. The van der Waals surface area contributed by atoms with E-state index >= 15 is 0 Å². The number of nitrogens with zero attached hydrogens (tertiary/aromatic N) is 5. The first-order valence-electron chi connectivity index (χ1n) is 7.82. The van der Waals surface area contributed by atoms with E-state index in [0.717, 1.165) is 22.1 Å². The Bertz CT molecular complexity index is 729. The fourth-order valence-corrected chi connectivity index (χ4v) is 2.80. The number of amides is 4. The highest BCUT2D eigenvalue weighted by Gasteiger charge is 2.43. The first kappa shape index (κ1) is 18.1. The molecule has 3 heterocycles. The molecule has 2 fully saturated rings. The maximum Gasteiger partial charge on any atom is 0.417 e. The molecule has 2 aliphatic heterocycles. The van der Waals surface area contributed by atoms with Gasteiger partial charge in [-0.1, -0.05) is 0 Å². The minimum atomic E-state index is -4.43. The Hall–Kier alpha value is -2.69. The van der Waals surface area contributed by atoms with Gasteiger partial charge in [0.1, 0.15) is 5.82 Å². The molecular formula is C15H16F3N5O3. The third kappa shape index (κ3) is 3.34. The molecule has 4 amide bonds. The number of aromatic nitrogens is 1. The second-order valence-corrected chi connectivity index (χ2v) is 6.03. The van der Waals surface area contributed by atoms with Crippen molar-refractivity contribution in [2.75, 3.05) is 44.8 Å². The van der Waals surface area contributed by atoms with Crippen LogP contribution in [0.15, 0.2) is 18.3 Å². The number of alkyl halides is 3. The highest BCUT2D eigenvalue weighted by molar-refractivity contribution is 6.44. The standard InChI is InChI=1S/C15H16F3N5O3/c1-20-12(24)13(25)23(14(20)26)9-21-4-6-22(7-5-21)11-3-2-10(8-19-11)15(16,17)18/h2-3,8H,4-7,9H2,1H3. The van der Waals surface area contributed by atoms with Crippen molar-refractivity contribution in [3.8, 4) is 0 Å². The predicted octanol–water partition coefficient (Wildman–Crippen LogP) is 0.601. The Morgan fingerprint density at radius 2 is 1.69 bits per heavy atom. The molecule has 0 N–H and O–H groups in total. The number of carbonyl (C=O) groups is 3. The average molecular weight is 371 g/mol. The van der Waals surface area contributed by atoms with Crippen LogP contribution in [-0.2, 0) is 15.8 Å². The zero-order valence-corrected chi connectivity index (χ0v) is 13.9. The molecule has 0 aliphatic carbocycles. The average Bonchev–Trinajstić information content (AvgIpc) is 2.80. The largest absolute Gasteiger partial charge is 0.417 e.